The number of halogens is 1. The Kier molecular flexibility index (Phi) is 3.16. The molecule has 0 spiro atoms. The first-order chi connectivity index (χ1) is 9.11. The van der Waals surface area contributed by atoms with Crippen molar-refractivity contribution in [2.45, 2.75) is 6.92 Å². The third-order valence-electron chi connectivity index (χ3n) is 3.64. The number of benzene rings is 1. The van der Waals surface area contributed by atoms with Gasteiger partial charge in [0.25, 0.3) is 5.82 Å². The van der Waals surface area contributed by atoms with E-state index >= 15 is 0 Å². The summed E-state index contributed by atoms with van der Waals surface area (Å²) in [6, 6.07) is 12.8. The fourth-order valence-corrected chi connectivity index (χ4v) is 3.47. The highest BCUT2D eigenvalue weighted by Crippen LogP contribution is 2.41. The maximum absolute atomic E-state index is 2.49. The molecule has 0 fully saturated rings. The van der Waals surface area contributed by atoms with Gasteiger partial charge < -0.3 is 4.81 Å². The van der Waals surface area contributed by atoms with E-state index < -0.39 is 0 Å². The molecule has 2 aromatic rings. The molecule has 0 bridgehead atoms. The first-order valence-electron chi connectivity index (χ1n) is 6.31. The van der Waals surface area contributed by atoms with Crippen molar-refractivity contribution in [2.75, 3.05) is 16.7 Å². The van der Waals surface area contributed by atoms with Crippen LogP contribution in [0.15, 0.2) is 42.6 Å². The number of hydrogen-bond acceptors (Lipinski definition) is 2. The summed E-state index contributed by atoms with van der Waals surface area (Å²) in [5.41, 5.74) is 3.84. The number of fused-ring (bicyclic) bond motifs is 1. The molecule has 5 heteroatoms. The Labute approximate surface area is 127 Å². The van der Waals surface area contributed by atoms with Crippen LogP contribution in [0.1, 0.15) is 5.56 Å². The molecular formula is C14H16BIN3+. The van der Waals surface area contributed by atoms with E-state index in [9.17, 15) is 0 Å². The lowest BCUT2D eigenvalue weighted by Gasteiger charge is -2.17. The summed E-state index contributed by atoms with van der Waals surface area (Å²) in [5, 5.41) is 0. The van der Waals surface area contributed by atoms with Crippen molar-refractivity contribution in [3.05, 3.63) is 48.2 Å². The van der Waals surface area contributed by atoms with Crippen LogP contribution in [-0.2, 0) is 7.05 Å². The molecular weight excluding hydrogens is 348 g/mol. The van der Waals surface area contributed by atoms with Crippen molar-refractivity contribution in [1.29, 1.82) is 0 Å². The number of nitrogens with zero attached hydrogens (tertiary/aromatic N) is 3. The molecule has 3 nitrogen and oxygen atoms in total. The van der Waals surface area contributed by atoms with Gasteiger partial charge in [-0.1, -0.05) is 40.6 Å². The Bertz CT molecular complexity index is 632. The molecule has 2 heterocycles. The third-order valence-corrected chi connectivity index (χ3v) is 5.04. The number of anilines is 3. The maximum Gasteiger partial charge on any atom is 0.573 e. The van der Waals surface area contributed by atoms with Crippen LogP contribution >= 0.6 is 22.4 Å². The van der Waals surface area contributed by atoms with Gasteiger partial charge in [-0.2, -0.15) is 0 Å². The van der Waals surface area contributed by atoms with Crippen LogP contribution in [0.5, 0.6) is 0 Å². The van der Waals surface area contributed by atoms with Gasteiger partial charge in [0.1, 0.15) is 11.4 Å². The molecule has 96 valence electrons. The van der Waals surface area contributed by atoms with Crippen molar-refractivity contribution in [3.8, 4) is 0 Å². The minimum atomic E-state index is 0.294. The molecule has 1 aromatic heterocycles. The van der Waals surface area contributed by atoms with Gasteiger partial charge in [-0.25, -0.2) is 4.57 Å². The van der Waals surface area contributed by atoms with Crippen LogP contribution < -0.4 is 14.2 Å². The average Bonchev–Trinajstić information content (AvgIpc) is 2.65. The first kappa shape index (κ1) is 12.8. The molecule has 1 aliphatic rings. The van der Waals surface area contributed by atoms with Crippen molar-refractivity contribution in [2.24, 2.45) is 7.05 Å². The van der Waals surface area contributed by atoms with Gasteiger partial charge in [-0.15, -0.1) is 0 Å². The Morgan fingerprint density at radius 1 is 1.11 bits per heavy atom. The van der Waals surface area contributed by atoms with E-state index in [4.69, 9.17) is 0 Å². The van der Waals surface area contributed by atoms with E-state index in [1.807, 2.05) is 0 Å². The molecule has 0 saturated heterocycles. The zero-order valence-corrected chi connectivity index (χ0v) is 13.5. The van der Waals surface area contributed by atoms with Crippen LogP contribution in [0.3, 0.4) is 0 Å². The van der Waals surface area contributed by atoms with E-state index in [1.165, 1.54) is 22.8 Å². The lowest BCUT2D eigenvalue weighted by atomic mass is 10.0. The monoisotopic (exact) mass is 364 g/mol. The Balaban J connectivity index is 2.22. The van der Waals surface area contributed by atoms with Crippen LogP contribution in [0.4, 0.5) is 17.2 Å². The highest BCUT2D eigenvalue weighted by molar-refractivity contribution is 14.1. The normalized spacial score (nSPS) is 14.0. The largest absolute Gasteiger partial charge is 0.573 e. The molecule has 0 N–H and O–H groups in total. The number of hydrogen-bond donors (Lipinski definition) is 0. The summed E-state index contributed by atoms with van der Waals surface area (Å²) < 4.78 is 2.19. The minimum Gasteiger partial charge on any atom is -0.361 e. The van der Waals surface area contributed by atoms with Gasteiger partial charge in [-0.05, 0) is 37.7 Å². The van der Waals surface area contributed by atoms with Gasteiger partial charge in [0.2, 0.25) is 0 Å². The molecule has 0 unspecified atom stereocenters. The van der Waals surface area contributed by atoms with Crippen molar-refractivity contribution in [3.63, 3.8) is 0 Å². The molecule has 0 radical (unpaired) electrons. The smallest absolute Gasteiger partial charge is 0.361 e. The molecule has 3 rings (SSSR count). The van der Waals surface area contributed by atoms with Crippen LogP contribution in [-0.4, -0.2) is 11.9 Å². The Morgan fingerprint density at radius 2 is 1.79 bits per heavy atom. The molecule has 1 aliphatic heterocycles. The topological polar surface area (TPSA) is 10.4 Å². The average molecular weight is 364 g/mol. The standard InChI is InChI=1S/C14H16BIN3/c1-11-7-4-5-8-12(11)19-14-13(18(3)15(19)16)9-6-10-17(14)2/h4-10H,1-3H3/q+1. The van der Waals surface area contributed by atoms with Crippen LogP contribution in [0, 0.1) is 6.92 Å². The summed E-state index contributed by atoms with van der Waals surface area (Å²) in [6.07, 6.45) is 2.10. The summed E-state index contributed by atoms with van der Waals surface area (Å²) in [4.78, 5) is 5.00. The van der Waals surface area contributed by atoms with Crippen LogP contribution in [0.2, 0.25) is 0 Å². The second-order valence-corrected chi connectivity index (χ2v) is 6.02. The van der Waals surface area contributed by atoms with Gasteiger partial charge in [0.15, 0.2) is 0 Å². The first-order valence-corrected chi connectivity index (χ1v) is 7.56. The van der Waals surface area contributed by atoms with Crippen molar-refractivity contribution >= 4 is 44.4 Å². The van der Waals surface area contributed by atoms with Crippen molar-refractivity contribution in [1.82, 2.24) is 0 Å². The van der Waals surface area contributed by atoms with Gasteiger partial charge in [0, 0.05) is 0 Å². The second kappa shape index (κ2) is 4.70. The summed E-state index contributed by atoms with van der Waals surface area (Å²) >= 11 is 2.49. The predicted molar refractivity (Wildman–Crippen MR) is 89.1 cm³/mol. The van der Waals surface area contributed by atoms with Crippen molar-refractivity contribution < 1.29 is 4.57 Å². The molecule has 19 heavy (non-hydrogen) atoms. The fraction of sp³-hybridized carbons (Fsp3) is 0.214. The quantitative estimate of drug-likeness (QED) is 0.438. The highest BCUT2D eigenvalue weighted by atomic mass is 127. The van der Waals surface area contributed by atoms with E-state index in [0.717, 1.165) is 0 Å². The summed E-state index contributed by atoms with van der Waals surface area (Å²) in [7, 11) is 4.25. The lowest BCUT2D eigenvalue weighted by Crippen LogP contribution is -2.42. The molecule has 0 aliphatic carbocycles. The minimum absolute atomic E-state index is 0.294. The third kappa shape index (κ3) is 1.91. The molecule has 0 saturated carbocycles. The van der Waals surface area contributed by atoms with E-state index in [0.29, 0.717) is 4.84 Å². The van der Waals surface area contributed by atoms with Gasteiger partial charge in [-0.3, -0.25) is 4.81 Å². The van der Waals surface area contributed by atoms with Gasteiger partial charge in [0.05, 0.1) is 13.2 Å². The SMILES string of the molecule is Cc1ccccc1N1B(I)N(C)c2ccc[n+](C)c21. The number of aryl methyl sites for hydroxylation is 2. The van der Waals surface area contributed by atoms with E-state index in [1.54, 1.807) is 0 Å². The molecule has 1 aromatic carbocycles. The zero-order valence-electron chi connectivity index (χ0n) is 11.3. The fourth-order valence-electron chi connectivity index (χ4n) is 2.61. The predicted octanol–water partition coefficient (Wildman–Crippen LogP) is 2.83. The zero-order chi connectivity index (χ0) is 13.6. The number of pyridine rings is 1. The van der Waals surface area contributed by atoms with Crippen LogP contribution in [0.25, 0.3) is 0 Å². The Morgan fingerprint density at radius 3 is 2.53 bits per heavy atom. The second-order valence-electron chi connectivity index (χ2n) is 4.91. The van der Waals surface area contributed by atoms with E-state index in [2.05, 4.69) is 100 Å². The van der Waals surface area contributed by atoms with Gasteiger partial charge >= 0.3 is 4.84 Å². The van der Waals surface area contributed by atoms with E-state index in [-0.39, 0.29) is 0 Å². The summed E-state index contributed by atoms with van der Waals surface area (Å²) in [5.74, 6) is 1.25. The number of rotatable bonds is 1. The molecule has 0 atom stereocenters. The number of para-hydroxylation sites is 1. The highest BCUT2D eigenvalue weighted by Gasteiger charge is 2.47. The summed E-state index contributed by atoms with van der Waals surface area (Å²) in [6.45, 7) is 2.17. The Hall–Kier alpha value is -1.24. The molecule has 0 amide bonds. The number of aromatic nitrogens is 1. The maximum atomic E-state index is 2.49. The lowest BCUT2D eigenvalue weighted by molar-refractivity contribution is -0.657.